The van der Waals surface area contributed by atoms with Gasteiger partial charge in [0.1, 0.15) is 5.76 Å². The minimum absolute atomic E-state index is 0.588. The zero-order chi connectivity index (χ0) is 13.9. The molecule has 0 bridgehead atoms. The van der Waals surface area contributed by atoms with Crippen molar-refractivity contribution in [3.8, 4) is 0 Å². The molecule has 0 amide bonds. The summed E-state index contributed by atoms with van der Waals surface area (Å²) in [6.45, 7) is 1.79. The van der Waals surface area contributed by atoms with Gasteiger partial charge in [-0.2, -0.15) is 0 Å². The number of fused-ring (bicyclic) bond motifs is 1. The van der Waals surface area contributed by atoms with Gasteiger partial charge in [-0.1, -0.05) is 47.6 Å². The van der Waals surface area contributed by atoms with Crippen LogP contribution in [0.1, 0.15) is 27.4 Å². The number of rotatable bonds is 4. The molecule has 0 radical (unpaired) electrons. The summed E-state index contributed by atoms with van der Waals surface area (Å²) in [5, 5.41) is 6.34. The van der Waals surface area contributed by atoms with Crippen LogP contribution in [0.3, 0.4) is 0 Å². The molecule has 0 saturated carbocycles. The number of nitrogens with zero attached hydrogens (tertiary/aromatic N) is 1. The fraction of sp³-hybridized carbons (Fsp3) is 0.176. The van der Waals surface area contributed by atoms with Gasteiger partial charge in [0.15, 0.2) is 6.29 Å². The molecule has 3 rings (SSSR count). The van der Waals surface area contributed by atoms with Crippen LogP contribution in [-0.4, -0.2) is 11.4 Å². The van der Waals surface area contributed by atoms with Gasteiger partial charge < -0.3 is 4.52 Å². The molecule has 0 N–H and O–H groups in total. The lowest BCUT2D eigenvalue weighted by molar-refractivity contribution is 0.112. The SMILES string of the molecule is Cc1noc(CCc2cccc3ccccc23)c1C=O. The van der Waals surface area contributed by atoms with Crippen LogP contribution in [0.25, 0.3) is 10.8 Å². The van der Waals surface area contributed by atoms with Crippen LogP contribution in [0.5, 0.6) is 0 Å². The van der Waals surface area contributed by atoms with Crippen LogP contribution < -0.4 is 0 Å². The first-order chi connectivity index (χ1) is 9.79. The third-order valence-electron chi connectivity index (χ3n) is 3.60. The summed E-state index contributed by atoms with van der Waals surface area (Å²) in [4.78, 5) is 11.0. The van der Waals surface area contributed by atoms with Crippen molar-refractivity contribution in [2.75, 3.05) is 0 Å². The van der Waals surface area contributed by atoms with Crippen LogP contribution in [-0.2, 0) is 12.8 Å². The number of carbonyl (C=O) groups is 1. The Balaban J connectivity index is 1.89. The van der Waals surface area contributed by atoms with Gasteiger partial charge in [-0.15, -0.1) is 0 Å². The van der Waals surface area contributed by atoms with E-state index in [1.54, 1.807) is 6.92 Å². The highest BCUT2D eigenvalue weighted by Gasteiger charge is 2.12. The van der Waals surface area contributed by atoms with Crippen molar-refractivity contribution in [3.05, 3.63) is 65.0 Å². The van der Waals surface area contributed by atoms with E-state index in [1.807, 2.05) is 12.1 Å². The van der Waals surface area contributed by atoms with Gasteiger partial charge in [-0.05, 0) is 29.7 Å². The number of aromatic nitrogens is 1. The van der Waals surface area contributed by atoms with E-state index in [9.17, 15) is 4.79 Å². The molecule has 2 aromatic carbocycles. The number of carbonyl (C=O) groups excluding carboxylic acids is 1. The molecule has 3 nitrogen and oxygen atoms in total. The topological polar surface area (TPSA) is 43.1 Å². The predicted molar refractivity (Wildman–Crippen MR) is 78.0 cm³/mol. The molecule has 0 aliphatic heterocycles. The van der Waals surface area contributed by atoms with E-state index in [-0.39, 0.29) is 0 Å². The second-order valence-electron chi connectivity index (χ2n) is 4.86. The summed E-state index contributed by atoms with van der Waals surface area (Å²) in [5.41, 5.74) is 2.51. The molecule has 3 heteroatoms. The summed E-state index contributed by atoms with van der Waals surface area (Å²) in [6.07, 6.45) is 2.34. The third kappa shape index (κ3) is 2.23. The average molecular weight is 265 g/mol. The highest BCUT2D eigenvalue weighted by Crippen LogP contribution is 2.21. The summed E-state index contributed by atoms with van der Waals surface area (Å²) < 4.78 is 5.24. The number of aryl methyl sites for hydroxylation is 3. The van der Waals surface area contributed by atoms with Gasteiger partial charge in [0.05, 0.1) is 11.3 Å². The zero-order valence-corrected chi connectivity index (χ0v) is 11.3. The largest absolute Gasteiger partial charge is 0.360 e. The maximum Gasteiger partial charge on any atom is 0.155 e. The summed E-state index contributed by atoms with van der Waals surface area (Å²) in [6, 6.07) is 14.6. The molecule has 0 fully saturated rings. The van der Waals surface area contributed by atoms with Gasteiger partial charge in [0.25, 0.3) is 0 Å². The Morgan fingerprint density at radius 3 is 2.75 bits per heavy atom. The molecule has 0 saturated heterocycles. The monoisotopic (exact) mass is 265 g/mol. The zero-order valence-electron chi connectivity index (χ0n) is 11.3. The first-order valence-electron chi connectivity index (χ1n) is 6.66. The molecular weight excluding hydrogens is 250 g/mol. The molecule has 100 valence electrons. The van der Waals surface area contributed by atoms with Crippen molar-refractivity contribution < 1.29 is 9.32 Å². The Kier molecular flexibility index (Phi) is 3.33. The summed E-state index contributed by atoms with van der Waals surface area (Å²) in [5.74, 6) is 0.672. The van der Waals surface area contributed by atoms with E-state index >= 15 is 0 Å². The quantitative estimate of drug-likeness (QED) is 0.675. The molecule has 0 atom stereocenters. The number of hydrogen-bond acceptors (Lipinski definition) is 3. The van der Waals surface area contributed by atoms with E-state index < -0.39 is 0 Å². The van der Waals surface area contributed by atoms with E-state index in [4.69, 9.17) is 4.52 Å². The van der Waals surface area contributed by atoms with Crippen molar-refractivity contribution in [2.24, 2.45) is 0 Å². The molecule has 0 unspecified atom stereocenters. The lowest BCUT2D eigenvalue weighted by Gasteiger charge is -2.05. The Bertz CT molecular complexity index is 753. The Hall–Kier alpha value is -2.42. The fourth-order valence-electron chi connectivity index (χ4n) is 2.51. The van der Waals surface area contributed by atoms with Gasteiger partial charge in [0.2, 0.25) is 0 Å². The highest BCUT2D eigenvalue weighted by atomic mass is 16.5. The first kappa shape index (κ1) is 12.6. The minimum Gasteiger partial charge on any atom is -0.360 e. The average Bonchev–Trinajstić information content (AvgIpc) is 2.85. The molecule has 20 heavy (non-hydrogen) atoms. The van der Waals surface area contributed by atoms with E-state index in [0.717, 1.165) is 12.7 Å². The van der Waals surface area contributed by atoms with E-state index in [0.29, 0.717) is 23.4 Å². The van der Waals surface area contributed by atoms with Gasteiger partial charge >= 0.3 is 0 Å². The smallest absolute Gasteiger partial charge is 0.155 e. The third-order valence-corrected chi connectivity index (χ3v) is 3.60. The van der Waals surface area contributed by atoms with Crippen molar-refractivity contribution in [3.63, 3.8) is 0 Å². The van der Waals surface area contributed by atoms with Gasteiger partial charge in [0, 0.05) is 6.42 Å². The van der Waals surface area contributed by atoms with Crippen LogP contribution in [0.2, 0.25) is 0 Å². The second-order valence-corrected chi connectivity index (χ2v) is 4.86. The highest BCUT2D eigenvalue weighted by molar-refractivity contribution is 5.85. The van der Waals surface area contributed by atoms with Crippen molar-refractivity contribution >= 4 is 17.1 Å². The molecular formula is C17H15NO2. The maximum absolute atomic E-state index is 11.0. The molecule has 1 heterocycles. The molecule has 1 aromatic heterocycles. The molecule has 0 aliphatic carbocycles. The normalized spacial score (nSPS) is 10.8. The van der Waals surface area contributed by atoms with Crippen LogP contribution in [0.4, 0.5) is 0 Å². The van der Waals surface area contributed by atoms with Crippen LogP contribution in [0.15, 0.2) is 47.0 Å². The minimum atomic E-state index is 0.588. The first-order valence-corrected chi connectivity index (χ1v) is 6.66. The molecule has 3 aromatic rings. The molecule has 0 spiro atoms. The summed E-state index contributed by atoms with van der Waals surface area (Å²) in [7, 11) is 0. The Morgan fingerprint density at radius 1 is 1.10 bits per heavy atom. The van der Waals surface area contributed by atoms with E-state index in [1.165, 1.54) is 16.3 Å². The fourth-order valence-corrected chi connectivity index (χ4v) is 2.51. The summed E-state index contributed by atoms with van der Waals surface area (Å²) >= 11 is 0. The lowest BCUT2D eigenvalue weighted by atomic mass is 9.99. The number of aldehydes is 1. The standard InChI is InChI=1S/C17H15NO2/c1-12-16(11-19)17(20-18-12)10-9-14-7-4-6-13-5-2-3-8-15(13)14/h2-8,11H,9-10H2,1H3. The van der Waals surface area contributed by atoms with Crippen molar-refractivity contribution in [2.45, 2.75) is 19.8 Å². The van der Waals surface area contributed by atoms with E-state index in [2.05, 4.69) is 35.5 Å². The lowest BCUT2D eigenvalue weighted by Crippen LogP contribution is -1.95. The van der Waals surface area contributed by atoms with Crippen LogP contribution >= 0.6 is 0 Å². The maximum atomic E-state index is 11.0. The number of benzene rings is 2. The van der Waals surface area contributed by atoms with Crippen molar-refractivity contribution in [1.82, 2.24) is 5.16 Å². The number of hydrogen-bond donors (Lipinski definition) is 0. The Morgan fingerprint density at radius 2 is 1.90 bits per heavy atom. The van der Waals surface area contributed by atoms with Gasteiger partial charge in [-0.3, -0.25) is 4.79 Å². The van der Waals surface area contributed by atoms with Crippen molar-refractivity contribution in [1.29, 1.82) is 0 Å². The second kappa shape index (κ2) is 5.29. The molecule has 0 aliphatic rings. The predicted octanol–water partition coefficient (Wildman–Crippen LogP) is 3.73. The Labute approximate surface area is 117 Å². The van der Waals surface area contributed by atoms with Crippen LogP contribution in [0, 0.1) is 6.92 Å². The van der Waals surface area contributed by atoms with Gasteiger partial charge in [-0.25, -0.2) is 0 Å².